The number of rotatable bonds is 3. The number of aryl methyl sites for hydroxylation is 1. The van der Waals surface area contributed by atoms with Crippen LogP contribution in [0.15, 0.2) is 23.2 Å². The van der Waals surface area contributed by atoms with Crippen LogP contribution in [0.25, 0.3) is 0 Å². The standard InChI is InChI=1S/C17H20N4OS/c22-17(12-6-9-23-10-12)21-7-4-13(5-8-21)20-16-14-2-1-3-15(14)18-11-19-16/h6,9-11,13H,1-5,7-8H2,(H,18,19,20). The number of hydrogen-bond donors (Lipinski definition) is 1. The van der Waals surface area contributed by atoms with E-state index < -0.39 is 0 Å². The Bertz CT molecular complexity index is 693. The molecule has 1 aliphatic heterocycles. The normalized spacial score (nSPS) is 18.0. The van der Waals surface area contributed by atoms with Crippen LogP contribution in [0.2, 0.25) is 0 Å². The minimum atomic E-state index is 0.160. The van der Waals surface area contributed by atoms with Crippen LogP contribution in [0.4, 0.5) is 5.82 Å². The second-order valence-electron chi connectivity index (χ2n) is 6.22. The molecule has 2 aliphatic rings. The lowest BCUT2D eigenvalue weighted by atomic mass is 10.0. The highest BCUT2D eigenvalue weighted by atomic mass is 32.1. The van der Waals surface area contributed by atoms with Gasteiger partial charge in [-0.25, -0.2) is 9.97 Å². The Morgan fingerprint density at radius 2 is 2.13 bits per heavy atom. The van der Waals surface area contributed by atoms with Crippen LogP contribution in [0.1, 0.15) is 40.9 Å². The zero-order valence-electron chi connectivity index (χ0n) is 13.0. The highest BCUT2D eigenvalue weighted by Crippen LogP contribution is 2.27. The Labute approximate surface area is 139 Å². The molecule has 1 saturated heterocycles. The Hall–Kier alpha value is -1.95. The monoisotopic (exact) mass is 328 g/mol. The molecule has 0 spiro atoms. The van der Waals surface area contributed by atoms with Crippen LogP contribution in [0.5, 0.6) is 0 Å². The summed E-state index contributed by atoms with van der Waals surface area (Å²) < 4.78 is 0. The molecule has 4 rings (SSSR count). The highest BCUT2D eigenvalue weighted by Gasteiger charge is 2.25. The van der Waals surface area contributed by atoms with Gasteiger partial charge in [-0.15, -0.1) is 0 Å². The Balaban J connectivity index is 1.37. The maximum Gasteiger partial charge on any atom is 0.254 e. The predicted octanol–water partition coefficient (Wildman–Crippen LogP) is 2.74. The third kappa shape index (κ3) is 2.95. The van der Waals surface area contributed by atoms with Crippen molar-refractivity contribution in [3.8, 4) is 0 Å². The second-order valence-corrected chi connectivity index (χ2v) is 7.00. The van der Waals surface area contributed by atoms with Crippen LogP contribution in [-0.4, -0.2) is 39.9 Å². The molecule has 3 heterocycles. The maximum absolute atomic E-state index is 12.4. The van der Waals surface area contributed by atoms with E-state index >= 15 is 0 Å². The van der Waals surface area contributed by atoms with Crippen LogP contribution in [0.3, 0.4) is 0 Å². The molecule has 0 unspecified atom stereocenters. The van der Waals surface area contributed by atoms with Gasteiger partial charge >= 0.3 is 0 Å². The molecule has 1 aliphatic carbocycles. The number of aromatic nitrogens is 2. The largest absolute Gasteiger partial charge is 0.367 e. The molecule has 5 nitrogen and oxygen atoms in total. The number of piperidine rings is 1. The molecule has 0 bridgehead atoms. The topological polar surface area (TPSA) is 58.1 Å². The van der Waals surface area contributed by atoms with Crippen LogP contribution >= 0.6 is 11.3 Å². The molecule has 2 aromatic rings. The summed E-state index contributed by atoms with van der Waals surface area (Å²) in [7, 11) is 0. The van der Waals surface area contributed by atoms with E-state index in [2.05, 4.69) is 15.3 Å². The molecule has 23 heavy (non-hydrogen) atoms. The molecule has 1 fully saturated rings. The van der Waals surface area contributed by atoms with Gasteiger partial charge in [-0.3, -0.25) is 4.79 Å². The van der Waals surface area contributed by atoms with Gasteiger partial charge in [-0.2, -0.15) is 11.3 Å². The fraction of sp³-hybridized carbons (Fsp3) is 0.471. The van der Waals surface area contributed by atoms with E-state index in [9.17, 15) is 4.79 Å². The van der Waals surface area contributed by atoms with E-state index in [0.717, 1.165) is 50.2 Å². The summed E-state index contributed by atoms with van der Waals surface area (Å²) in [4.78, 5) is 23.1. The third-order valence-electron chi connectivity index (χ3n) is 4.77. The number of nitrogens with zero attached hydrogens (tertiary/aromatic N) is 3. The van der Waals surface area contributed by atoms with Crippen molar-refractivity contribution < 1.29 is 4.79 Å². The first kappa shape index (κ1) is 14.6. The van der Waals surface area contributed by atoms with Gasteiger partial charge in [0.05, 0.1) is 5.56 Å². The second kappa shape index (κ2) is 6.28. The average Bonchev–Trinajstić information content (AvgIpc) is 3.27. The fourth-order valence-corrected chi connectivity index (χ4v) is 4.10. The minimum Gasteiger partial charge on any atom is -0.367 e. The van der Waals surface area contributed by atoms with Crippen molar-refractivity contribution in [1.82, 2.24) is 14.9 Å². The number of carbonyl (C=O) groups is 1. The van der Waals surface area contributed by atoms with E-state index in [1.165, 1.54) is 17.7 Å². The van der Waals surface area contributed by atoms with Crippen LogP contribution in [0, 0.1) is 0 Å². The van der Waals surface area contributed by atoms with Crippen molar-refractivity contribution in [2.45, 2.75) is 38.1 Å². The molecular formula is C17H20N4OS. The molecule has 6 heteroatoms. The van der Waals surface area contributed by atoms with E-state index in [-0.39, 0.29) is 5.91 Å². The fourth-order valence-electron chi connectivity index (χ4n) is 3.47. The summed E-state index contributed by atoms with van der Waals surface area (Å²) in [6, 6.07) is 2.29. The molecule has 0 saturated carbocycles. The summed E-state index contributed by atoms with van der Waals surface area (Å²) in [5.41, 5.74) is 3.31. The molecule has 0 aromatic carbocycles. The molecule has 2 aromatic heterocycles. The molecule has 1 N–H and O–H groups in total. The number of anilines is 1. The SMILES string of the molecule is O=C(c1ccsc1)N1CCC(Nc2ncnc3c2CCC3)CC1. The Morgan fingerprint density at radius 3 is 2.91 bits per heavy atom. The van der Waals surface area contributed by atoms with Crippen molar-refractivity contribution in [3.05, 3.63) is 40.0 Å². The maximum atomic E-state index is 12.4. The number of likely N-dealkylation sites (tertiary alicyclic amines) is 1. The van der Waals surface area contributed by atoms with Gasteiger partial charge in [0.1, 0.15) is 12.1 Å². The van der Waals surface area contributed by atoms with Gasteiger partial charge < -0.3 is 10.2 Å². The number of fused-ring (bicyclic) bond motifs is 1. The first-order valence-corrected chi connectivity index (χ1v) is 9.16. The van der Waals surface area contributed by atoms with Crippen molar-refractivity contribution >= 4 is 23.1 Å². The summed E-state index contributed by atoms with van der Waals surface area (Å²) >= 11 is 1.57. The van der Waals surface area contributed by atoms with Crippen molar-refractivity contribution in [2.75, 3.05) is 18.4 Å². The third-order valence-corrected chi connectivity index (χ3v) is 5.45. The lowest BCUT2D eigenvalue weighted by Gasteiger charge is -2.32. The van der Waals surface area contributed by atoms with Gasteiger partial charge in [0.25, 0.3) is 5.91 Å². The van der Waals surface area contributed by atoms with E-state index in [1.807, 2.05) is 21.7 Å². The molecule has 0 radical (unpaired) electrons. The van der Waals surface area contributed by atoms with Gasteiger partial charge in [0.15, 0.2) is 0 Å². The molecule has 1 amide bonds. The van der Waals surface area contributed by atoms with Crippen LogP contribution < -0.4 is 5.32 Å². The number of thiophene rings is 1. The quantitative estimate of drug-likeness (QED) is 0.941. The summed E-state index contributed by atoms with van der Waals surface area (Å²) in [5, 5.41) is 7.47. The average molecular weight is 328 g/mol. The highest BCUT2D eigenvalue weighted by molar-refractivity contribution is 7.08. The Kier molecular flexibility index (Phi) is 3.99. The number of carbonyl (C=O) groups excluding carboxylic acids is 1. The zero-order chi connectivity index (χ0) is 15.6. The summed E-state index contributed by atoms with van der Waals surface area (Å²) in [5.74, 6) is 1.17. The van der Waals surface area contributed by atoms with Crippen molar-refractivity contribution in [1.29, 1.82) is 0 Å². The first-order chi connectivity index (χ1) is 11.3. The van der Waals surface area contributed by atoms with Gasteiger partial charge in [-0.05, 0) is 43.6 Å². The number of nitrogens with one attached hydrogen (secondary N) is 1. The van der Waals surface area contributed by atoms with Gasteiger partial charge in [0, 0.05) is 35.8 Å². The number of amides is 1. The lowest BCUT2D eigenvalue weighted by Crippen LogP contribution is -2.42. The lowest BCUT2D eigenvalue weighted by molar-refractivity contribution is 0.0719. The molecule has 0 atom stereocenters. The predicted molar refractivity (Wildman–Crippen MR) is 90.9 cm³/mol. The van der Waals surface area contributed by atoms with E-state index in [0.29, 0.717) is 6.04 Å². The van der Waals surface area contributed by atoms with E-state index in [4.69, 9.17) is 0 Å². The minimum absolute atomic E-state index is 0.160. The van der Waals surface area contributed by atoms with Gasteiger partial charge in [0.2, 0.25) is 0 Å². The van der Waals surface area contributed by atoms with Gasteiger partial charge in [-0.1, -0.05) is 0 Å². The zero-order valence-corrected chi connectivity index (χ0v) is 13.8. The molecule has 120 valence electrons. The van der Waals surface area contributed by atoms with Crippen LogP contribution in [-0.2, 0) is 12.8 Å². The first-order valence-electron chi connectivity index (χ1n) is 8.22. The van der Waals surface area contributed by atoms with Crippen molar-refractivity contribution in [2.24, 2.45) is 0 Å². The smallest absolute Gasteiger partial charge is 0.254 e. The summed E-state index contributed by atoms with van der Waals surface area (Å²) in [6.07, 6.45) is 6.93. The Morgan fingerprint density at radius 1 is 1.26 bits per heavy atom. The van der Waals surface area contributed by atoms with E-state index in [1.54, 1.807) is 17.7 Å². The van der Waals surface area contributed by atoms with Crippen molar-refractivity contribution in [3.63, 3.8) is 0 Å². The number of hydrogen-bond acceptors (Lipinski definition) is 5. The molecular weight excluding hydrogens is 308 g/mol. The summed E-state index contributed by atoms with van der Waals surface area (Å²) in [6.45, 7) is 1.61.